The number of morpholine rings is 1. The number of aromatic nitrogens is 5. The fraction of sp³-hybridized carbons (Fsp3) is 0.240. The second-order valence-electron chi connectivity index (χ2n) is 8.23. The Balaban J connectivity index is 1.68. The van der Waals surface area contributed by atoms with Gasteiger partial charge in [0, 0.05) is 42.3 Å². The highest BCUT2D eigenvalue weighted by Gasteiger charge is 2.22. The number of para-hydroxylation sites is 1. The van der Waals surface area contributed by atoms with Crippen LogP contribution < -0.4 is 4.90 Å². The van der Waals surface area contributed by atoms with E-state index in [1.54, 1.807) is 18.5 Å². The maximum Gasteiger partial charge on any atom is 0.200 e. The predicted octanol–water partition coefficient (Wildman–Crippen LogP) is 5.16. The summed E-state index contributed by atoms with van der Waals surface area (Å²) in [6.45, 7) is 5.02. The molecule has 7 nitrogen and oxygen atoms in total. The first-order chi connectivity index (χ1) is 16.6. The van der Waals surface area contributed by atoms with E-state index in [9.17, 15) is 4.39 Å². The van der Waals surface area contributed by atoms with Crippen molar-refractivity contribution in [1.82, 2.24) is 24.5 Å². The molecule has 34 heavy (non-hydrogen) atoms. The maximum atomic E-state index is 14.6. The molecule has 0 spiro atoms. The Morgan fingerprint density at radius 2 is 1.97 bits per heavy atom. The number of benzene rings is 2. The van der Waals surface area contributed by atoms with Crippen LogP contribution in [0.4, 0.5) is 10.1 Å². The van der Waals surface area contributed by atoms with E-state index in [-0.39, 0.29) is 5.82 Å². The summed E-state index contributed by atoms with van der Waals surface area (Å²) in [5.74, 6) is 0.529. The molecule has 0 radical (unpaired) electrons. The number of anilines is 1. The molecule has 1 fully saturated rings. The van der Waals surface area contributed by atoms with Crippen LogP contribution in [0.1, 0.15) is 12.7 Å². The molecular weight excluding hydrogens is 455 g/mol. The van der Waals surface area contributed by atoms with Gasteiger partial charge >= 0.3 is 0 Å². The number of hydrogen-bond donors (Lipinski definition) is 1. The van der Waals surface area contributed by atoms with Gasteiger partial charge in [0.15, 0.2) is 5.28 Å². The number of nitrogens with zero attached hydrogens (tertiary/aromatic N) is 5. The molecule has 2 aromatic carbocycles. The van der Waals surface area contributed by atoms with E-state index in [0.29, 0.717) is 30.4 Å². The number of pyridine rings is 1. The van der Waals surface area contributed by atoms with Crippen molar-refractivity contribution in [3.05, 3.63) is 65.7 Å². The summed E-state index contributed by atoms with van der Waals surface area (Å²) in [7, 11) is 0. The number of H-pyrrole nitrogens is 1. The fourth-order valence-electron chi connectivity index (χ4n) is 4.68. The maximum absolute atomic E-state index is 14.6. The van der Waals surface area contributed by atoms with Gasteiger partial charge in [0.05, 0.1) is 41.8 Å². The smallest absolute Gasteiger partial charge is 0.200 e. The highest BCUT2D eigenvalue weighted by Crippen LogP contribution is 2.36. The molecule has 172 valence electrons. The molecule has 1 N–H and O–H groups in total. The van der Waals surface area contributed by atoms with Crippen LogP contribution in [0.25, 0.3) is 38.9 Å². The standard InChI is InChI=1S/C25H22ClFN6O/c1-2-22-31-24-17(19-14-29-25(26)30-19)12-15(32-8-10-34-11-9-32)13-21(24)33(22)20-6-7-28-23-16(20)4-3-5-18(23)27/h3-7,12-14H,2,8-11H2,1H3,(H,29,30). The largest absolute Gasteiger partial charge is 0.378 e. The summed E-state index contributed by atoms with van der Waals surface area (Å²) in [6.07, 6.45) is 4.07. The van der Waals surface area contributed by atoms with Gasteiger partial charge in [-0.2, -0.15) is 0 Å². The highest BCUT2D eigenvalue weighted by molar-refractivity contribution is 6.28. The third kappa shape index (κ3) is 3.41. The molecule has 0 saturated carbocycles. The molecular formula is C25H22ClFN6O. The molecule has 0 atom stereocenters. The van der Waals surface area contributed by atoms with Gasteiger partial charge in [-0.3, -0.25) is 9.55 Å². The van der Waals surface area contributed by atoms with Gasteiger partial charge in [0.1, 0.15) is 17.2 Å². The molecule has 3 aromatic heterocycles. The Labute approximate surface area is 200 Å². The summed E-state index contributed by atoms with van der Waals surface area (Å²) in [5.41, 5.74) is 5.71. The van der Waals surface area contributed by atoms with E-state index in [1.807, 2.05) is 12.1 Å². The van der Waals surface area contributed by atoms with Gasteiger partial charge in [-0.15, -0.1) is 0 Å². The van der Waals surface area contributed by atoms with Crippen LogP contribution in [0, 0.1) is 5.82 Å². The Morgan fingerprint density at radius 3 is 2.74 bits per heavy atom. The quantitative estimate of drug-likeness (QED) is 0.388. The lowest BCUT2D eigenvalue weighted by atomic mass is 10.1. The number of fused-ring (bicyclic) bond motifs is 2. The Bertz CT molecular complexity index is 1520. The predicted molar refractivity (Wildman–Crippen MR) is 131 cm³/mol. The Hall–Kier alpha value is -3.49. The number of ether oxygens (including phenoxy) is 1. The molecule has 0 unspecified atom stereocenters. The normalized spacial score (nSPS) is 14.4. The van der Waals surface area contributed by atoms with Gasteiger partial charge in [-0.05, 0) is 35.9 Å². The van der Waals surface area contributed by atoms with Crippen LogP contribution in [0.5, 0.6) is 0 Å². The van der Waals surface area contributed by atoms with Gasteiger partial charge < -0.3 is 14.6 Å². The van der Waals surface area contributed by atoms with E-state index >= 15 is 0 Å². The molecule has 9 heteroatoms. The van der Waals surface area contributed by atoms with Gasteiger partial charge in [-0.25, -0.2) is 14.4 Å². The first-order valence-corrected chi connectivity index (χ1v) is 11.6. The van der Waals surface area contributed by atoms with Crippen molar-refractivity contribution in [3.63, 3.8) is 0 Å². The minimum Gasteiger partial charge on any atom is -0.378 e. The number of nitrogens with one attached hydrogen (secondary N) is 1. The van der Waals surface area contributed by atoms with E-state index in [4.69, 9.17) is 21.3 Å². The zero-order valence-electron chi connectivity index (χ0n) is 18.6. The Morgan fingerprint density at radius 1 is 1.12 bits per heavy atom. The summed E-state index contributed by atoms with van der Waals surface area (Å²) < 4.78 is 22.3. The first kappa shape index (κ1) is 21.1. The first-order valence-electron chi connectivity index (χ1n) is 11.3. The van der Waals surface area contributed by atoms with Crippen molar-refractivity contribution in [3.8, 4) is 16.9 Å². The molecule has 1 aliphatic heterocycles. The number of aryl methyl sites for hydroxylation is 1. The van der Waals surface area contributed by atoms with Crippen LogP contribution in [-0.2, 0) is 11.2 Å². The number of imidazole rings is 2. The molecule has 0 aliphatic carbocycles. The van der Waals surface area contributed by atoms with Crippen LogP contribution in [0.15, 0.2) is 48.8 Å². The number of halogens is 2. The van der Waals surface area contributed by atoms with Crippen LogP contribution >= 0.6 is 11.6 Å². The second kappa shape index (κ2) is 8.38. The van der Waals surface area contributed by atoms with Gasteiger partial charge in [0.2, 0.25) is 0 Å². The topological polar surface area (TPSA) is 71.9 Å². The lowest BCUT2D eigenvalue weighted by molar-refractivity contribution is 0.122. The van der Waals surface area contributed by atoms with Crippen molar-refractivity contribution in [1.29, 1.82) is 0 Å². The third-order valence-electron chi connectivity index (χ3n) is 6.28. The van der Waals surface area contributed by atoms with E-state index in [1.165, 1.54) is 6.07 Å². The Kier molecular flexibility index (Phi) is 5.19. The van der Waals surface area contributed by atoms with Crippen LogP contribution in [0.2, 0.25) is 5.28 Å². The molecule has 0 bridgehead atoms. The van der Waals surface area contributed by atoms with Crippen molar-refractivity contribution < 1.29 is 9.13 Å². The minimum absolute atomic E-state index is 0.325. The van der Waals surface area contributed by atoms with E-state index < -0.39 is 0 Å². The average molecular weight is 477 g/mol. The SMILES string of the molecule is CCc1nc2c(-c3cnc(Cl)[nH]3)cc(N3CCOCC3)cc2n1-c1ccnc2c(F)cccc12. The molecule has 4 heterocycles. The lowest BCUT2D eigenvalue weighted by Crippen LogP contribution is -2.36. The van der Waals surface area contributed by atoms with Gasteiger partial charge in [-0.1, -0.05) is 19.1 Å². The molecule has 0 amide bonds. The van der Waals surface area contributed by atoms with Crippen molar-refractivity contribution in [2.45, 2.75) is 13.3 Å². The zero-order valence-corrected chi connectivity index (χ0v) is 19.3. The lowest BCUT2D eigenvalue weighted by Gasteiger charge is -2.29. The minimum atomic E-state index is -0.344. The summed E-state index contributed by atoms with van der Waals surface area (Å²) in [6, 6.07) is 11.2. The molecule has 6 rings (SSSR count). The average Bonchev–Trinajstić information content (AvgIpc) is 3.47. The molecule has 1 aliphatic rings. The van der Waals surface area contributed by atoms with Crippen molar-refractivity contribution in [2.75, 3.05) is 31.2 Å². The van der Waals surface area contributed by atoms with Crippen molar-refractivity contribution in [2.24, 2.45) is 0 Å². The highest BCUT2D eigenvalue weighted by atomic mass is 35.5. The summed E-state index contributed by atoms with van der Waals surface area (Å²) >= 11 is 6.13. The fourth-order valence-corrected chi connectivity index (χ4v) is 4.83. The summed E-state index contributed by atoms with van der Waals surface area (Å²) in [4.78, 5) is 18.9. The van der Waals surface area contributed by atoms with Crippen molar-refractivity contribution >= 4 is 39.2 Å². The molecule has 1 saturated heterocycles. The number of hydrogen-bond acceptors (Lipinski definition) is 5. The zero-order chi connectivity index (χ0) is 23.2. The molecule has 5 aromatic rings. The van der Waals surface area contributed by atoms with E-state index in [2.05, 4.69) is 43.5 Å². The number of aromatic amines is 1. The third-order valence-corrected chi connectivity index (χ3v) is 6.47. The monoisotopic (exact) mass is 476 g/mol. The number of rotatable bonds is 4. The summed E-state index contributed by atoms with van der Waals surface area (Å²) in [5, 5.41) is 1.06. The second-order valence-corrected chi connectivity index (χ2v) is 8.59. The van der Waals surface area contributed by atoms with Gasteiger partial charge in [0.25, 0.3) is 0 Å². The van der Waals surface area contributed by atoms with Crippen LogP contribution in [-0.4, -0.2) is 50.8 Å². The van der Waals surface area contributed by atoms with Crippen LogP contribution in [0.3, 0.4) is 0 Å². The van der Waals surface area contributed by atoms with E-state index in [0.717, 1.165) is 58.0 Å².